The van der Waals surface area contributed by atoms with E-state index in [0.29, 0.717) is 39.0 Å². The normalized spacial score (nSPS) is 24.2. The molecule has 0 spiro atoms. The summed E-state index contributed by atoms with van der Waals surface area (Å²) in [6.07, 6.45) is 8.09. The molecule has 2 amide bonds. The van der Waals surface area contributed by atoms with Crippen LogP contribution in [-0.4, -0.2) is 139 Å². The number of rotatable bonds is 16. The Balaban J connectivity index is 1.55. The van der Waals surface area contributed by atoms with E-state index >= 15 is 0 Å². The number of methoxy groups -OCH3 is 4. The standard InChI is InChI=1S/C30H48N2O11/c1-37-23-9-5-7-15-31(21-25(23)39-3)27(33)11-13-29(35)42-19-17-41-18-20-43-30(36)14-12-28(34)32-16-8-6-10-24(38-2)26(22-32)40-4/h5-6,9-10,23-26H,7-8,11-22H2,1-4H3/b9-5-,10-6-/t23-,24-,25-,26-/m0/s1. The zero-order valence-electron chi connectivity index (χ0n) is 25.9. The van der Waals surface area contributed by atoms with Crippen molar-refractivity contribution in [3.8, 4) is 0 Å². The van der Waals surface area contributed by atoms with Crippen molar-refractivity contribution in [3.63, 3.8) is 0 Å². The molecule has 0 saturated carbocycles. The highest BCUT2D eigenvalue weighted by atomic mass is 16.6. The molecule has 13 nitrogen and oxygen atoms in total. The lowest BCUT2D eigenvalue weighted by molar-refractivity contribution is -0.149. The molecule has 244 valence electrons. The lowest BCUT2D eigenvalue weighted by Crippen LogP contribution is -2.44. The number of esters is 2. The third kappa shape index (κ3) is 13.6. The van der Waals surface area contributed by atoms with Crippen molar-refractivity contribution in [1.82, 2.24) is 9.80 Å². The van der Waals surface area contributed by atoms with Crippen LogP contribution in [0.15, 0.2) is 24.3 Å². The first-order chi connectivity index (χ1) is 20.8. The molecule has 13 heteroatoms. The van der Waals surface area contributed by atoms with Gasteiger partial charge in [0.05, 0.1) is 26.1 Å². The average Bonchev–Trinajstić information content (AvgIpc) is 2.98. The molecule has 0 aliphatic carbocycles. The van der Waals surface area contributed by atoms with Crippen LogP contribution in [0.3, 0.4) is 0 Å². The summed E-state index contributed by atoms with van der Waals surface area (Å²) in [5, 5.41) is 0. The third-order valence-corrected chi connectivity index (χ3v) is 7.24. The van der Waals surface area contributed by atoms with Gasteiger partial charge in [0.2, 0.25) is 11.8 Å². The van der Waals surface area contributed by atoms with Gasteiger partial charge in [-0.25, -0.2) is 0 Å². The predicted octanol–water partition coefficient (Wildman–Crippen LogP) is 1.29. The number of nitrogens with zero attached hydrogens (tertiary/aromatic N) is 2. The Morgan fingerprint density at radius 2 is 1.02 bits per heavy atom. The maximum Gasteiger partial charge on any atom is 0.306 e. The monoisotopic (exact) mass is 612 g/mol. The van der Waals surface area contributed by atoms with E-state index in [0.717, 1.165) is 0 Å². The summed E-state index contributed by atoms with van der Waals surface area (Å²) in [7, 11) is 6.34. The van der Waals surface area contributed by atoms with Gasteiger partial charge in [-0.15, -0.1) is 0 Å². The van der Waals surface area contributed by atoms with Gasteiger partial charge < -0.3 is 43.0 Å². The Morgan fingerprint density at radius 3 is 1.40 bits per heavy atom. The Kier molecular flexibility index (Phi) is 17.7. The highest BCUT2D eigenvalue weighted by Gasteiger charge is 2.27. The molecule has 0 fully saturated rings. The summed E-state index contributed by atoms with van der Waals surface area (Å²) in [5.74, 6) is -1.30. The Morgan fingerprint density at radius 1 is 0.605 bits per heavy atom. The lowest BCUT2D eigenvalue weighted by atomic mass is 10.1. The number of carbonyl (C=O) groups excluding carboxylic acids is 4. The highest BCUT2D eigenvalue weighted by molar-refractivity contribution is 5.82. The molecular formula is C30H48N2O11. The summed E-state index contributed by atoms with van der Waals surface area (Å²) in [5.41, 5.74) is 0. The van der Waals surface area contributed by atoms with Gasteiger partial charge >= 0.3 is 11.9 Å². The minimum absolute atomic E-state index is 0.0165. The Bertz CT molecular complexity index is 854. The van der Waals surface area contributed by atoms with Crippen LogP contribution < -0.4 is 0 Å². The number of hydrogen-bond acceptors (Lipinski definition) is 11. The summed E-state index contributed by atoms with van der Waals surface area (Å²) in [6.45, 7) is 2.10. The average molecular weight is 613 g/mol. The first-order valence-corrected chi connectivity index (χ1v) is 14.7. The van der Waals surface area contributed by atoms with Crippen molar-refractivity contribution in [3.05, 3.63) is 24.3 Å². The molecule has 0 bridgehead atoms. The maximum absolute atomic E-state index is 12.7. The number of carbonyl (C=O) groups is 4. The fourth-order valence-electron chi connectivity index (χ4n) is 4.73. The second-order valence-electron chi connectivity index (χ2n) is 10.1. The molecule has 0 aromatic carbocycles. The van der Waals surface area contributed by atoms with Crippen LogP contribution in [0.4, 0.5) is 0 Å². The van der Waals surface area contributed by atoms with Crippen molar-refractivity contribution in [2.75, 3.05) is 81.0 Å². The number of amides is 2. The first-order valence-electron chi connectivity index (χ1n) is 14.7. The van der Waals surface area contributed by atoms with Gasteiger partial charge in [0.15, 0.2) is 0 Å². The van der Waals surface area contributed by atoms with Crippen LogP contribution in [-0.2, 0) is 52.3 Å². The predicted molar refractivity (Wildman–Crippen MR) is 155 cm³/mol. The van der Waals surface area contributed by atoms with E-state index in [1.807, 2.05) is 24.3 Å². The molecule has 0 saturated heterocycles. The van der Waals surface area contributed by atoms with Crippen LogP contribution in [0.5, 0.6) is 0 Å². The smallest absolute Gasteiger partial charge is 0.306 e. The summed E-state index contributed by atoms with van der Waals surface area (Å²) < 4.78 is 37.4. The number of hydrogen-bond donors (Lipinski definition) is 0. The van der Waals surface area contributed by atoms with Gasteiger partial charge in [0.25, 0.3) is 0 Å². The van der Waals surface area contributed by atoms with Crippen LogP contribution in [0.2, 0.25) is 0 Å². The van der Waals surface area contributed by atoms with Gasteiger partial charge in [-0.2, -0.15) is 0 Å². The van der Waals surface area contributed by atoms with E-state index < -0.39 is 11.9 Å². The van der Waals surface area contributed by atoms with E-state index in [9.17, 15) is 19.2 Å². The molecule has 0 N–H and O–H groups in total. The fourth-order valence-corrected chi connectivity index (χ4v) is 4.73. The lowest BCUT2D eigenvalue weighted by Gasteiger charge is -2.31. The van der Waals surface area contributed by atoms with Crippen LogP contribution in [0, 0.1) is 0 Å². The minimum atomic E-state index is -0.497. The maximum atomic E-state index is 12.7. The molecule has 2 aliphatic heterocycles. The van der Waals surface area contributed by atoms with Crippen molar-refractivity contribution >= 4 is 23.8 Å². The zero-order chi connectivity index (χ0) is 31.5. The van der Waals surface area contributed by atoms with Crippen LogP contribution >= 0.6 is 0 Å². The van der Waals surface area contributed by atoms with Gasteiger partial charge in [-0.3, -0.25) is 19.2 Å². The van der Waals surface area contributed by atoms with E-state index in [-0.39, 0.29) is 88.3 Å². The SMILES string of the molecule is CO[C@H]1/C=C\CCN(C(=O)CCC(=O)OCCOCCOC(=O)CCC(=O)N2CC/C=C\[C@H](OC)[C@@H](OC)C2)C[C@@H]1OC. The molecule has 0 unspecified atom stereocenters. The van der Waals surface area contributed by atoms with Crippen molar-refractivity contribution in [2.24, 2.45) is 0 Å². The summed E-state index contributed by atoms with van der Waals surface area (Å²) in [6, 6.07) is 0. The van der Waals surface area contributed by atoms with Crippen LogP contribution in [0.1, 0.15) is 38.5 Å². The molecular weight excluding hydrogens is 564 g/mol. The van der Waals surface area contributed by atoms with Crippen molar-refractivity contribution in [1.29, 1.82) is 0 Å². The molecule has 0 aromatic rings. The zero-order valence-corrected chi connectivity index (χ0v) is 25.9. The Hall–Kier alpha value is -2.84. The molecule has 2 heterocycles. The summed E-state index contributed by atoms with van der Waals surface area (Å²) >= 11 is 0. The van der Waals surface area contributed by atoms with Crippen LogP contribution in [0.25, 0.3) is 0 Å². The van der Waals surface area contributed by atoms with Gasteiger partial charge in [-0.05, 0) is 12.8 Å². The summed E-state index contributed by atoms with van der Waals surface area (Å²) in [4.78, 5) is 52.8. The fraction of sp³-hybridized carbons (Fsp3) is 0.733. The van der Waals surface area contributed by atoms with Crippen molar-refractivity contribution < 1.29 is 52.3 Å². The van der Waals surface area contributed by atoms with Crippen molar-refractivity contribution in [2.45, 2.75) is 62.9 Å². The second-order valence-corrected chi connectivity index (χ2v) is 10.1. The third-order valence-electron chi connectivity index (χ3n) is 7.24. The molecule has 2 rings (SSSR count). The van der Waals surface area contributed by atoms with E-state index in [4.69, 9.17) is 33.2 Å². The van der Waals surface area contributed by atoms with Gasteiger partial charge in [-0.1, -0.05) is 24.3 Å². The number of ether oxygens (including phenoxy) is 7. The molecule has 4 atom stereocenters. The highest BCUT2D eigenvalue weighted by Crippen LogP contribution is 2.14. The quantitative estimate of drug-likeness (QED) is 0.142. The Labute approximate surface area is 254 Å². The first kappa shape index (κ1) is 36.4. The topological polar surface area (TPSA) is 139 Å². The largest absolute Gasteiger partial charge is 0.463 e. The van der Waals surface area contributed by atoms with E-state index in [1.54, 1.807) is 38.2 Å². The van der Waals surface area contributed by atoms with E-state index in [2.05, 4.69) is 0 Å². The molecule has 43 heavy (non-hydrogen) atoms. The molecule has 2 aliphatic rings. The molecule has 0 aromatic heterocycles. The van der Waals surface area contributed by atoms with Gasteiger partial charge in [0, 0.05) is 67.5 Å². The molecule has 0 radical (unpaired) electrons. The van der Waals surface area contributed by atoms with Gasteiger partial charge in [0.1, 0.15) is 37.6 Å². The second kappa shape index (κ2) is 21.0. The van der Waals surface area contributed by atoms with E-state index in [1.165, 1.54) is 0 Å². The minimum Gasteiger partial charge on any atom is -0.463 e.